The van der Waals surface area contributed by atoms with Gasteiger partial charge in [-0.05, 0) is 50.3 Å². The minimum Gasteiger partial charge on any atom is -0.369 e. The molecule has 116 valence electrons. The molecule has 1 fully saturated rings. The number of primary amides is 1. The number of hydrogen-bond donors (Lipinski definition) is 3. The predicted octanol–water partition coefficient (Wildman–Crippen LogP) is 2.12. The number of nitrogens with zero attached hydrogens (tertiary/aromatic N) is 1. The number of rotatable bonds is 5. The van der Waals surface area contributed by atoms with Crippen LogP contribution >= 0.6 is 0 Å². The molecule has 21 heavy (non-hydrogen) atoms. The maximum atomic E-state index is 11.7. The maximum Gasteiger partial charge on any atom is 0.252 e. The molecule has 0 unspecified atom stereocenters. The second kappa shape index (κ2) is 6.43. The van der Waals surface area contributed by atoms with Crippen molar-refractivity contribution in [3.63, 3.8) is 0 Å². The normalized spacial score (nSPS) is 17.5. The standard InChI is InChI=1S/C16H26N4O/c1-11-8-12(2)20-15(13(11)14(18)21)19-10-16(9-17)6-4-3-5-7-16/h8H,3-7,9-10,17H2,1-2H3,(H2,18,21)(H,19,20). The van der Waals surface area contributed by atoms with E-state index in [1.165, 1.54) is 19.3 Å². The molecule has 1 aromatic rings. The Morgan fingerprint density at radius 2 is 2.00 bits per heavy atom. The van der Waals surface area contributed by atoms with Gasteiger partial charge in [0.2, 0.25) is 0 Å². The first kappa shape index (κ1) is 15.8. The number of aromatic nitrogens is 1. The van der Waals surface area contributed by atoms with Crippen molar-refractivity contribution < 1.29 is 4.79 Å². The molecule has 1 saturated carbocycles. The van der Waals surface area contributed by atoms with Crippen LogP contribution in [0.15, 0.2) is 6.07 Å². The van der Waals surface area contributed by atoms with Crippen molar-refractivity contribution in [2.45, 2.75) is 46.0 Å². The third-order valence-electron chi connectivity index (χ3n) is 4.57. The molecule has 0 atom stereocenters. The van der Waals surface area contributed by atoms with E-state index < -0.39 is 5.91 Å². The maximum absolute atomic E-state index is 11.7. The Bertz CT molecular complexity index is 521. The Hall–Kier alpha value is -1.62. The van der Waals surface area contributed by atoms with Gasteiger partial charge in [0.25, 0.3) is 5.91 Å². The first-order valence-electron chi connectivity index (χ1n) is 7.69. The average molecular weight is 290 g/mol. The summed E-state index contributed by atoms with van der Waals surface area (Å²) in [6.45, 7) is 5.22. The van der Waals surface area contributed by atoms with Crippen LogP contribution in [0.5, 0.6) is 0 Å². The lowest BCUT2D eigenvalue weighted by atomic mass is 9.74. The van der Waals surface area contributed by atoms with Crippen LogP contribution in [0.2, 0.25) is 0 Å². The third kappa shape index (κ3) is 3.53. The van der Waals surface area contributed by atoms with E-state index in [4.69, 9.17) is 11.5 Å². The zero-order valence-corrected chi connectivity index (χ0v) is 13.0. The van der Waals surface area contributed by atoms with Gasteiger partial charge in [0, 0.05) is 12.2 Å². The summed E-state index contributed by atoms with van der Waals surface area (Å²) < 4.78 is 0. The van der Waals surface area contributed by atoms with Gasteiger partial charge in [0.1, 0.15) is 5.82 Å². The van der Waals surface area contributed by atoms with Gasteiger partial charge < -0.3 is 16.8 Å². The third-order valence-corrected chi connectivity index (χ3v) is 4.57. The molecule has 1 amide bonds. The molecule has 0 saturated heterocycles. The van der Waals surface area contributed by atoms with Crippen molar-refractivity contribution >= 4 is 11.7 Å². The summed E-state index contributed by atoms with van der Waals surface area (Å²) in [4.78, 5) is 16.1. The average Bonchev–Trinajstić information content (AvgIpc) is 2.45. The zero-order valence-electron chi connectivity index (χ0n) is 13.0. The number of nitrogens with two attached hydrogens (primary N) is 2. The molecule has 0 aliphatic heterocycles. The highest BCUT2D eigenvalue weighted by Crippen LogP contribution is 2.35. The lowest BCUT2D eigenvalue weighted by molar-refractivity contribution is 0.1000. The summed E-state index contributed by atoms with van der Waals surface area (Å²) in [6, 6.07) is 1.88. The van der Waals surface area contributed by atoms with E-state index in [0.29, 0.717) is 17.9 Å². The van der Waals surface area contributed by atoms with Gasteiger partial charge in [0.15, 0.2) is 0 Å². The topological polar surface area (TPSA) is 94.0 Å². The summed E-state index contributed by atoms with van der Waals surface area (Å²) in [5, 5.41) is 3.35. The Balaban J connectivity index is 2.21. The summed E-state index contributed by atoms with van der Waals surface area (Å²) in [5.41, 5.74) is 13.9. The van der Waals surface area contributed by atoms with Crippen LogP contribution in [-0.2, 0) is 0 Å². The number of pyridine rings is 1. The van der Waals surface area contributed by atoms with Crippen LogP contribution in [0.25, 0.3) is 0 Å². The molecular weight excluding hydrogens is 264 g/mol. The van der Waals surface area contributed by atoms with Crippen LogP contribution in [0.3, 0.4) is 0 Å². The van der Waals surface area contributed by atoms with Crippen molar-refractivity contribution in [1.29, 1.82) is 0 Å². The fraction of sp³-hybridized carbons (Fsp3) is 0.625. The minimum atomic E-state index is -0.437. The summed E-state index contributed by atoms with van der Waals surface area (Å²) >= 11 is 0. The van der Waals surface area contributed by atoms with Crippen molar-refractivity contribution in [2.24, 2.45) is 16.9 Å². The van der Waals surface area contributed by atoms with Crippen molar-refractivity contribution in [1.82, 2.24) is 4.98 Å². The molecule has 1 heterocycles. The van der Waals surface area contributed by atoms with Crippen LogP contribution in [0.1, 0.15) is 53.7 Å². The summed E-state index contributed by atoms with van der Waals surface area (Å²) in [5.74, 6) is 0.159. The first-order valence-corrected chi connectivity index (χ1v) is 7.69. The van der Waals surface area contributed by atoms with Crippen LogP contribution in [-0.4, -0.2) is 24.0 Å². The lowest BCUT2D eigenvalue weighted by Crippen LogP contribution is -2.39. The molecule has 2 rings (SSSR count). The highest BCUT2D eigenvalue weighted by atomic mass is 16.1. The van der Waals surface area contributed by atoms with E-state index in [-0.39, 0.29) is 5.41 Å². The number of nitrogens with one attached hydrogen (secondary N) is 1. The summed E-state index contributed by atoms with van der Waals surface area (Å²) in [7, 11) is 0. The van der Waals surface area contributed by atoms with E-state index in [1.54, 1.807) is 0 Å². The van der Waals surface area contributed by atoms with E-state index >= 15 is 0 Å². The van der Waals surface area contributed by atoms with Gasteiger partial charge >= 0.3 is 0 Å². The second-order valence-electron chi connectivity index (χ2n) is 6.29. The van der Waals surface area contributed by atoms with E-state index in [1.807, 2.05) is 19.9 Å². The Morgan fingerprint density at radius 3 is 2.57 bits per heavy atom. The van der Waals surface area contributed by atoms with Gasteiger partial charge in [-0.1, -0.05) is 19.3 Å². The lowest BCUT2D eigenvalue weighted by Gasteiger charge is -2.36. The minimum absolute atomic E-state index is 0.118. The fourth-order valence-electron chi connectivity index (χ4n) is 3.30. The van der Waals surface area contributed by atoms with Crippen molar-refractivity contribution in [2.75, 3.05) is 18.4 Å². The second-order valence-corrected chi connectivity index (χ2v) is 6.29. The molecule has 5 heteroatoms. The number of aryl methyl sites for hydroxylation is 2. The molecule has 5 N–H and O–H groups in total. The van der Waals surface area contributed by atoms with Crippen LogP contribution in [0, 0.1) is 19.3 Å². The molecule has 5 nitrogen and oxygen atoms in total. The molecule has 1 aliphatic rings. The van der Waals surface area contributed by atoms with E-state index in [9.17, 15) is 4.79 Å². The molecule has 1 aromatic heterocycles. The fourth-order valence-corrected chi connectivity index (χ4v) is 3.30. The van der Waals surface area contributed by atoms with Gasteiger partial charge in [-0.3, -0.25) is 4.79 Å². The number of carbonyl (C=O) groups excluding carboxylic acids is 1. The van der Waals surface area contributed by atoms with Crippen LogP contribution < -0.4 is 16.8 Å². The quantitative estimate of drug-likeness (QED) is 0.774. The highest BCUT2D eigenvalue weighted by molar-refractivity contribution is 5.99. The van der Waals surface area contributed by atoms with Gasteiger partial charge in [-0.15, -0.1) is 0 Å². The number of hydrogen-bond acceptors (Lipinski definition) is 4. The van der Waals surface area contributed by atoms with Crippen molar-refractivity contribution in [3.8, 4) is 0 Å². The van der Waals surface area contributed by atoms with Crippen LogP contribution in [0.4, 0.5) is 5.82 Å². The van der Waals surface area contributed by atoms with Gasteiger partial charge in [-0.2, -0.15) is 0 Å². The Kier molecular flexibility index (Phi) is 4.83. The Morgan fingerprint density at radius 1 is 1.33 bits per heavy atom. The van der Waals surface area contributed by atoms with E-state index in [0.717, 1.165) is 30.6 Å². The highest BCUT2D eigenvalue weighted by Gasteiger charge is 2.31. The largest absolute Gasteiger partial charge is 0.369 e. The first-order chi connectivity index (χ1) is 9.97. The molecule has 0 bridgehead atoms. The zero-order chi connectivity index (χ0) is 15.5. The van der Waals surface area contributed by atoms with Gasteiger partial charge in [0.05, 0.1) is 5.56 Å². The SMILES string of the molecule is Cc1cc(C)c(C(N)=O)c(NCC2(CN)CCCCC2)n1. The molecule has 0 aromatic carbocycles. The predicted molar refractivity (Wildman–Crippen MR) is 85.3 cm³/mol. The number of carbonyl (C=O) groups is 1. The van der Waals surface area contributed by atoms with Crippen molar-refractivity contribution in [3.05, 3.63) is 22.9 Å². The monoisotopic (exact) mass is 290 g/mol. The number of anilines is 1. The molecular formula is C16H26N4O. The summed E-state index contributed by atoms with van der Waals surface area (Å²) in [6.07, 6.45) is 6.00. The van der Waals surface area contributed by atoms with E-state index in [2.05, 4.69) is 10.3 Å². The molecule has 0 radical (unpaired) electrons. The number of amides is 1. The van der Waals surface area contributed by atoms with Gasteiger partial charge in [-0.25, -0.2) is 4.98 Å². The smallest absolute Gasteiger partial charge is 0.252 e. The molecule has 0 spiro atoms. The molecule has 1 aliphatic carbocycles. The Labute approximate surface area is 126 Å².